The van der Waals surface area contributed by atoms with E-state index in [1.165, 1.54) is 22.5 Å². The van der Waals surface area contributed by atoms with Gasteiger partial charge >= 0.3 is 35.5 Å². The first kappa shape index (κ1) is 25.5. The van der Waals surface area contributed by atoms with Gasteiger partial charge in [0.15, 0.2) is 0 Å². The molecule has 1 fully saturated rings. The second kappa shape index (κ2) is 11.2. The average molecular weight is 457 g/mol. The third kappa shape index (κ3) is 6.40. The van der Waals surface area contributed by atoms with Crippen molar-refractivity contribution in [2.45, 2.75) is 36.6 Å². The van der Waals surface area contributed by atoms with Crippen LogP contribution in [0.1, 0.15) is 37.3 Å². The minimum absolute atomic E-state index is 0. The van der Waals surface area contributed by atoms with E-state index in [2.05, 4.69) is 0 Å². The topological polar surface area (TPSA) is 94.9 Å². The van der Waals surface area contributed by atoms with Gasteiger partial charge in [-0.2, -0.15) is 4.31 Å². The van der Waals surface area contributed by atoms with Gasteiger partial charge in [0.05, 0.1) is 10.9 Å². The van der Waals surface area contributed by atoms with Gasteiger partial charge < -0.3 is 10.2 Å². The van der Waals surface area contributed by atoms with Crippen LogP contribution in [-0.4, -0.2) is 65.0 Å². The molecule has 0 aromatic heterocycles. The Morgan fingerprint density at radius 1 is 1.16 bits per heavy atom. The number of phenolic OH excluding ortho intramolecular Hbond substituents is 1. The van der Waals surface area contributed by atoms with E-state index < -0.39 is 27.9 Å². The van der Waals surface area contributed by atoms with E-state index in [-0.39, 0.29) is 52.5 Å². The molecule has 1 aliphatic heterocycles. The Morgan fingerprint density at radius 3 is 2.52 bits per heavy atom. The van der Waals surface area contributed by atoms with Crippen molar-refractivity contribution in [1.82, 2.24) is 4.31 Å². The molecular weight excluding hydrogens is 432 g/mol. The molecule has 0 aliphatic carbocycles. The van der Waals surface area contributed by atoms with E-state index in [1.54, 1.807) is 24.3 Å². The summed E-state index contributed by atoms with van der Waals surface area (Å²) in [5, 5.41) is 18.7. The molecule has 1 aliphatic rings. The first-order chi connectivity index (χ1) is 14.3. The Labute approximate surface area is 203 Å². The Bertz CT molecular complexity index is 1030. The van der Waals surface area contributed by atoms with Crippen LogP contribution in [0.15, 0.2) is 65.6 Å². The van der Waals surface area contributed by atoms with Gasteiger partial charge in [-0.1, -0.05) is 24.3 Å². The van der Waals surface area contributed by atoms with Gasteiger partial charge in [-0.15, -0.1) is 0 Å². The fourth-order valence-electron chi connectivity index (χ4n) is 3.83. The molecule has 31 heavy (non-hydrogen) atoms. The zero-order chi connectivity index (χ0) is 21.7. The molecule has 3 rings (SSSR count). The summed E-state index contributed by atoms with van der Waals surface area (Å²) in [4.78, 5) is 10.7. The molecule has 0 unspecified atom stereocenters. The van der Waals surface area contributed by atoms with Gasteiger partial charge in [-0.25, -0.2) is 12.8 Å². The van der Waals surface area contributed by atoms with Crippen molar-refractivity contribution in [2.24, 2.45) is 5.92 Å². The zero-order valence-corrected chi connectivity index (χ0v) is 17.1. The van der Waals surface area contributed by atoms with Gasteiger partial charge in [0, 0.05) is 13.0 Å². The molecule has 2 aromatic rings. The first-order valence-corrected chi connectivity index (χ1v) is 11.2. The van der Waals surface area contributed by atoms with Crippen LogP contribution < -0.4 is 0 Å². The molecule has 0 spiro atoms. The summed E-state index contributed by atoms with van der Waals surface area (Å²) in [6, 6.07) is 10.8. The van der Waals surface area contributed by atoms with Crippen molar-refractivity contribution in [3.8, 4) is 5.75 Å². The number of sulfonamides is 1. The number of hydrogen-bond donors (Lipinski definition) is 2. The molecule has 0 bridgehead atoms. The van der Waals surface area contributed by atoms with E-state index in [1.807, 2.05) is 6.08 Å². The summed E-state index contributed by atoms with van der Waals surface area (Å²) in [7, 11) is -3.86. The van der Waals surface area contributed by atoms with Crippen LogP contribution >= 0.6 is 0 Å². The standard InChI is InChI=1S/C22H24FNO5S.Na.H/c23-18-9-11-20(12-10-18)30(28,29)24-14-13-16(5-2-1-3-8-21(26)27)22(24)17-6-4-7-19(25)15-17;;/h1-2,4,6-7,9-12,15-16,22,25H,3,5,8,13-14H2,(H,26,27);;/b2-1-;;/t16-,22+;;/m1../s1. The average Bonchev–Trinajstić information content (AvgIpc) is 3.12. The SMILES string of the molecule is O=C(O)CC/C=C\C[C@@H]1CCN(S(=O)(=O)c2ccc(F)cc2)[C@@H]1c1cccc(O)c1.[NaH]. The van der Waals surface area contributed by atoms with Crippen LogP contribution in [0.2, 0.25) is 0 Å². The second-order valence-corrected chi connectivity index (χ2v) is 9.19. The Hall–Kier alpha value is -1.71. The molecule has 0 saturated carbocycles. The number of carbonyl (C=O) groups is 1. The van der Waals surface area contributed by atoms with Crippen molar-refractivity contribution in [3.05, 3.63) is 72.1 Å². The minimum atomic E-state index is -3.86. The van der Waals surface area contributed by atoms with Crippen molar-refractivity contribution >= 4 is 45.5 Å². The predicted molar refractivity (Wildman–Crippen MR) is 117 cm³/mol. The quantitative estimate of drug-likeness (QED) is 0.468. The molecule has 0 radical (unpaired) electrons. The van der Waals surface area contributed by atoms with E-state index >= 15 is 0 Å². The Morgan fingerprint density at radius 2 is 1.87 bits per heavy atom. The third-order valence-corrected chi connectivity index (χ3v) is 7.13. The normalized spacial score (nSPS) is 19.4. The number of carboxylic acid groups (broad SMARTS) is 1. The number of carboxylic acids is 1. The zero-order valence-electron chi connectivity index (χ0n) is 16.3. The van der Waals surface area contributed by atoms with Crippen LogP contribution in [-0.2, 0) is 14.8 Å². The summed E-state index contributed by atoms with van der Waals surface area (Å²) in [5.41, 5.74) is 0.683. The van der Waals surface area contributed by atoms with Crippen LogP contribution in [0.5, 0.6) is 5.75 Å². The van der Waals surface area contributed by atoms with E-state index in [9.17, 15) is 22.7 Å². The number of nitrogens with zero attached hydrogens (tertiary/aromatic N) is 1. The third-order valence-electron chi connectivity index (χ3n) is 5.24. The molecule has 0 amide bonds. The van der Waals surface area contributed by atoms with Gasteiger partial charge in [0.25, 0.3) is 0 Å². The molecular formula is C22H25FNNaO5S. The van der Waals surface area contributed by atoms with Crippen LogP contribution in [0, 0.1) is 11.7 Å². The first-order valence-electron chi connectivity index (χ1n) is 9.72. The van der Waals surface area contributed by atoms with E-state index in [4.69, 9.17) is 5.11 Å². The maximum atomic E-state index is 13.3. The van der Waals surface area contributed by atoms with Crippen molar-refractivity contribution in [3.63, 3.8) is 0 Å². The maximum absolute atomic E-state index is 13.3. The van der Waals surface area contributed by atoms with Gasteiger partial charge in [0.2, 0.25) is 10.0 Å². The summed E-state index contributed by atoms with van der Waals surface area (Å²) in [6.07, 6.45) is 5.33. The molecule has 2 atom stereocenters. The number of benzene rings is 2. The summed E-state index contributed by atoms with van der Waals surface area (Å²) in [6.45, 7) is 0.299. The van der Waals surface area contributed by atoms with Gasteiger partial charge in [-0.05, 0) is 67.1 Å². The number of phenols is 1. The van der Waals surface area contributed by atoms with Crippen molar-refractivity contribution < 1.29 is 27.8 Å². The van der Waals surface area contributed by atoms with Crippen LogP contribution in [0.3, 0.4) is 0 Å². The van der Waals surface area contributed by atoms with Crippen molar-refractivity contribution in [1.29, 1.82) is 0 Å². The van der Waals surface area contributed by atoms with Crippen molar-refractivity contribution in [2.75, 3.05) is 6.54 Å². The summed E-state index contributed by atoms with van der Waals surface area (Å²) >= 11 is 0. The van der Waals surface area contributed by atoms with Gasteiger partial charge in [0.1, 0.15) is 11.6 Å². The molecule has 2 aromatic carbocycles. The number of allylic oxidation sites excluding steroid dienone is 2. The van der Waals surface area contributed by atoms with E-state index in [0.29, 0.717) is 31.4 Å². The van der Waals surface area contributed by atoms with Crippen LogP contribution in [0.25, 0.3) is 0 Å². The number of halogens is 1. The molecule has 1 heterocycles. The summed E-state index contributed by atoms with van der Waals surface area (Å²) < 4.78 is 41.2. The van der Waals surface area contributed by atoms with E-state index in [0.717, 1.165) is 12.1 Å². The Balaban J connectivity index is 0.00000341. The monoisotopic (exact) mass is 457 g/mol. The fourth-order valence-corrected chi connectivity index (χ4v) is 5.52. The molecule has 162 valence electrons. The Kier molecular flexibility index (Phi) is 9.27. The second-order valence-electron chi connectivity index (χ2n) is 7.30. The number of rotatable bonds is 8. The number of aromatic hydroxyl groups is 1. The fraction of sp³-hybridized carbons (Fsp3) is 0.318. The predicted octanol–water partition coefficient (Wildman–Crippen LogP) is 3.45. The van der Waals surface area contributed by atoms with Gasteiger partial charge in [-0.3, -0.25) is 4.79 Å². The van der Waals surface area contributed by atoms with Crippen LogP contribution in [0.4, 0.5) is 4.39 Å². The molecule has 6 nitrogen and oxygen atoms in total. The number of hydrogen-bond acceptors (Lipinski definition) is 4. The molecule has 2 N–H and O–H groups in total. The number of aliphatic carboxylic acids is 1. The molecule has 1 saturated heterocycles. The molecule has 9 heteroatoms. The summed E-state index contributed by atoms with van der Waals surface area (Å²) in [5.74, 6) is -1.36.